The summed E-state index contributed by atoms with van der Waals surface area (Å²) in [6, 6.07) is 10.3. The van der Waals surface area contributed by atoms with E-state index in [9.17, 15) is 0 Å². The Morgan fingerprint density at radius 2 is 1.89 bits per heavy atom. The van der Waals surface area contributed by atoms with Gasteiger partial charge in [-0.25, -0.2) is 4.98 Å². The van der Waals surface area contributed by atoms with Crippen molar-refractivity contribution < 1.29 is 0 Å². The maximum Gasteiger partial charge on any atom is 0.200 e. The zero-order valence-electron chi connectivity index (χ0n) is 10.7. The van der Waals surface area contributed by atoms with Gasteiger partial charge >= 0.3 is 0 Å². The molecule has 1 heterocycles. The second-order valence-corrected chi connectivity index (χ2v) is 4.23. The molecule has 2 rings (SSSR count). The van der Waals surface area contributed by atoms with Crippen LogP contribution >= 0.6 is 12.4 Å². The first-order chi connectivity index (χ1) is 8.33. The third-order valence-electron chi connectivity index (χ3n) is 2.94. The SMILES string of the molecule is CCCCCn1c(-c2ccccc2)cnc1N.Cl. The Labute approximate surface area is 114 Å². The number of benzene rings is 1. The highest BCUT2D eigenvalue weighted by Crippen LogP contribution is 2.22. The number of nitrogen functional groups attached to an aromatic ring is 1. The molecule has 4 heteroatoms. The van der Waals surface area contributed by atoms with Crippen LogP contribution in [0.4, 0.5) is 5.95 Å². The van der Waals surface area contributed by atoms with E-state index in [1.54, 1.807) is 0 Å². The van der Waals surface area contributed by atoms with Crippen LogP contribution in [0.5, 0.6) is 0 Å². The number of nitrogens with two attached hydrogens (primary N) is 1. The molecule has 0 aliphatic carbocycles. The number of rotatable bonds is 5. The number of imidazole rings is 1. The van der Waals surface area contributed by atoms with E-state index in [0.29, 0.717) is 5.95 Å². The quantitative estimate of drug-likeness (QED) is 0.837. The minimum absolute atomic E-state index is 0. The average molecular weight is 266 g/mol. The minimum Gasteiger partial charge on any atom is -0.369 e. The van der Waals surface area contributed by atoms with Gasteiger partial charge in [0.1, 0.15) is 0 Å². The summed E-state index contributed by atoms with van der Waals surface area (Å²) in [6.07, 6.45) is 5.45. The van der Waals surface area contributed by atoms with Crippen LogP contribution in [0.25, 0.3) is 11.3 Å². The fourth-order valence-corrected chi connectivity index (χ4v) is 1.98. The number of hydrogen-bond acceptors (Lipinski definition) is 2. The molecule has 2 N–H and O–H groups in total. The number of nitrogens with zero attached hydrogens (tertiary/aromatic N) is 2. The van der Waals surface area contributed by atoms with Crippen molar-refractivity contribution in [2.45, 2.75) is 32.7 Å². The van der Waals surface area contributed by atoms with Crippen LogP contribution in [0.15, 0.2) is 36.5 Å². The van der Waals surface area contributed by atoms with Crippen molar-refractivity contribution in [1.29, 1.82) is 0 Å². The Morgan fingerprint density at radius 1 is 1.17 bits per heavy atom. The van der Waals surface area contributed by atoms with Gasteiger partial charge in [0.05, 0.1) is 11.9 Å². The molecule has 0 saturated carbocycles. The van der Waals surface area contributed by atoms with Gasteiger partial charge in [-0.1, -0.05) is 50.1 Å². The minimum atomic E-state index is 0. The van der Waals surface area contributed by atoms with E-state index < -0.39 is 0 Å². The molecular formula is C14H20ClN3. The summed E-state index contributed by atoms with van der Waals surface area (Å²) >= 11 is 0. The maximum absolute atomic E-state index is 5.91. The fourth-order valence-electron chi connectivity index (χ4n) is 1.98. The lowest BCUT2D eigenvalue weighted by Gasteiger charge is -2.09. The molecule has 0 unspecified atom stereocenters. The molecule has 0 spiro atoms. The van der Waals surface area contributed by atoms with Crippen molar-refractivity contribution in [2.24, 2.45) is 0 Å². The molecule has 3 nitrogen and oxygen atoms in total. The summed E-state index contributed by atoms with van der Waals surface area (Å²) in [7, 11) is 0. The normalized spacial score (nSPS) is 10.1. The molecule has 0 saturated heterocycles. The lowest BCUT2D eigenvalue weighted by Crippen LogP contribution is -2.05. The van der Waals surface area contributed by atoms with Crippen LogP contribution in [0.2, 0.25) is 0 Å². The molecule has 2 aromatic rings. The highest BCUT2D eigenvalue weighted by molar-refractivity contribution is 5.85. The van der Waals surface area contributed by atoms with Gasteiger partial charge in [0.25, 0.3) is 0 Å². The molecule has 0 aliphatic rings. The van der Waals surface area contributed by atoms with Gasteiger partial charge < -0.3 is 10.3 Å². The van der Waals surface area contributed by atoms with E-state index in [1.165, 1.54) is 18.4 Å². The van der Waals surface area contributed by atoms with E-state index >= 15 is 0 Å². The summed E-state index contributed by atoms with van der Waals surface area (Å²) < 4.78 is 2.10. The first-order valence-corrected chi connectivity index (χ1v) is 6.19. The predicted molar refractivity (Wildman–Crippen MR) is 78.8 cm³/mol. The monoisotopic (exact) mass is 265 g/mol. The van der Waals surface area contributed by atoms with Gasteiger partial charge in [-0.2, -0.15) is 0 Å². The molecule has 98 valence electrons. The van der Waals surface area contributed by atoms with Crippen LogP contribution in [0.1, 0.15) is 26.2 Å². The van der Waals surface area contributed by atoms with Crippen LogP contribution in [-0.4, -0.2) is 9.55 Å². The van der Waals surface area contributed by atoms with E-state index in [-0.39, 0.29) is 12.4 Å². The van der Waals surface area contributed by atoms with Crippen molar-refractivity contribution in [3.63, 3.8) is 0 Å². The summed E-state index contributed by atoms with van der Waals surface area (Å²) in [5.74, 6) is 0.611. The smallest absolute Gasteiger partial charge is 0.200 e. The number of unbranched alkanes of at least 4 members (excludes halogenated alkanes) is 2. The van der Waals surface area contributed by atoms with Gasteiger partial charge in [-0.05, 0) is 12.0 Å². The third-order valence-corrected chi connectivity index (χ3v) is 2.94. The topological polar surface area (TPSA) is 43.8 Å². The second kappa shape index (κ2) is 7.07. The Bertz CT molecular complexity index is 465. The van der Waals surface area contributed by atoms with E-state index in [4.69, 9.17) is 5.73 Å². The maximum atomic E-state index is 5.91. The summed E-state index contributed by atoms with van der Waals surface area (Å²) in [5.41, 5.74) is 8.20. The lowest BCUT2D eigenvalue weighted by atomic mass is 10.1. The molecule has 18 heavy (non-hydrogen) atoms. The highest BCUT2D eigenvalue weighted by atomic mass is 35.5. The lowest BCUT2D eigenvalue weighted by molar-refractivity contribution is 0.611. The van der Waals surface area contributed by atoms with Crippen LogP contribution in [0.3, 0.4) is 0 Å². The molecular weight excluding hydrogens is 246 g/mol. The zero-order chi connectivity index (χ0) is 12.1. The van der Waals surface area contributed by atoms with E-state index in [0.717, 1.165) is 18.7 Å². The van der Waals surface area contributed by atoms with E-state index in [2.05, 4.69) is 28.6 Å². The fraction of sp³-hybridized carbons (Fsp3) is 0.357. The molecule has 0 bridgehead atoms. The Kier molecular flexibility index (Phi) is 5.72. The Balaban J connectivity index is 0.00000162. The molecule has 0 atom stereocenters. The number of aromatic nitrogens is 2. The van der Waals surface area contributed by atoms with Gasteiger partial charge in [0.2, 0.25) is 5.95 Å². The van der Waals surface area contributed by atoms with Crippen molar-refractivity contribution in [2.75, 3.05) is 5.73 Å². The largest absolute Gasteiger partial charge is 0.369 e. The zero-order valence-corrected chi connectivity index (χ0v) is 11.5. The van der Waals surface area contributed by atoms with Gasteiger partial charge in [-0.15, -0.1) is 12.4 Å². The van der Waals surface area contributed by atoms with Gasteiger partial charge in [0.15, 0.2) is 0 Å². The molecule has 0 fully saturated rings. The second-order valence-electron chi connectivity index (χ2n) is 4.23. The highest BCUT2D eigenvalue weighted by Gasteiger charge is 2.08. The molecule has 1 aromatic carbocycles. The number of hydrogen-bond donors (Lipinski definition) is 1. The van der Waals surface area contributed by atoms with E-state index in [1.807, 2.05) is 24.4 Å². The third kappa shape index (κ3) is 3.26. The summed E-state index contributed by atoms with van der Waals surface area (Å²) in [4.78, 5) is 4.21. The van der Waals surface area contributed by atoms with Crippen LogP contribution in [-0.2, 0) is 6.54 Å². The van der Waals surface area contributed by atoms with Crippen molar-refractivity contribution >= 4 is 18.4 Å². The van der Waals surface area contributed by atoms with Crippen molar-refractivity contribution in [3.05, 3.63) is 36.5 Å². The summed E-state index contributed by atoms with van der Waals surface area (Å²) in [5, 5.41) is 0. The van der Waals surface area contributed by atoms with Crippen LogP contribution in [0, 0.1) is 0 Å². The first-order valence-electron chi connectivity index (χ1n) is 6.19. The number of halogens is 1. The van der Waals surface area contributed by atoms with Crippen molar-refractivity contribution in [3.8, 4) is 11.3 Å². The first kappa shape index (κ1) is 14.6. The Hall–Kier alpha value is -1.48. The summed E-state index contributed by atoms with van der Waals surface area (Å²) in [6.45, 7) is 3.15. The predicted octanol–water partition coefficient (Wildman–Crippen LogP) is 3.74. The molecule has 0 aliphatic heterocycles. The Morgan fingerprint density at radius 3 is 2.56 bits per heavy atom. The number of anilines is 1. The molecule has 1 aromatic heterocycles. The van der Waals surface area contributed by atoms with Gasteiger partial charge in [0, 0.05) is 6.54 Å². The van der Waals surface area contributed by atoms with Crippen LogP contribution < -0.4 is 5.73 Å². The molecule has 0 radical (unpaired) electrons. The van der Waals surface area contributed by atoms with Gasteiger partial charge in [-0.3, -0.25) is 0 Å². The average Bonchev–Trinajstić information content (AvgIpc) is 2.73. The molecule has 0 amide bonds. The standard InChI is InChI=1S/C14H19N3.ClH/c1-2-3-7-10-17-13(11-16-14(17)15)12-8-5-4-6-9-12;/h4-6,8-9,11H,2-3,7,10H2,1H3,(H2,15,16);1H. The van der Waals surface area contributed by atoms with Crippen molar-refractivity contribution in [1.82, 2.24) is 9.55 Å².